The summed E-state index contributed by atoms with van der Waals surface area (Å²) in [6.07, 6.45) is 3.42. The summed E-state index contributed by atoms with van der Waals surface area (Å²) in [4.78, 5) is 13.2. The molecule has 0 bridgehead atoms. The molecule has 0 amide bonds. The molecular weight excluding hydrogens is 348 g/mol. The maximum Gasteiger partial charge on any atom is 0.225 e. The maximum atomic E-state index is 13.4. The highest BCUT2D eigenvalue weighted by Crippen LogP contribution is 2.22. The SMILES string of the molecule is CC(C)(C)Nc1nc(NCc2ccc(F)c(F)c2)cc(-c2cccnc2)n1. The van der Waals surface area contributed by atoms with E-state index in [0.717, 1.165) is 11.6 Å². The number of anilines is 2. The second kappa shape index (κ2) is 7.65. The average molecular weight is 369 g/mol. The van der Waals surface area contributed by atoms with Crippen LogP contribution in [0.4, 0.5) is 20.5 Å². The molecule has 5 nitrogen and oxygen atoms in total. The van der Waals surface area contributed by atoms with Crippen LogP contribution in [-0.4, -0.2) is 20.5 Å². The van der Waals surface area contributed by atoms with Crippen molar-refractivity contribution in [2.45, 2.75) is 32.9 Å². The molecule has 0 radical (unpaired) electrons. The molecule has 0 saturated heterocycles. The van der Waals surface area contributed by atoms with Gasteiger partial charge in [-0.3, -0.25) is 4.98 Å². The van der Waals surface area contributed by atoms with Crippen LogP contribution in [0.15, 0.2) is 48.8 Å². The summed E-state index contributed by atoms with van der Waals surface area (Å²) in [5.41, 5.74) is 1.96. The number of benzene rings is 1. The van der Waals surface area contributed by atoms with E-state index in [1.807, 2.05) is 32.9 Å². The van der Waals surface area contributed by atoms with Crippen molar-refractivity contribution in [2.24, 2.45) is 0 Å². The van der Waals surface area contributed by atoms with Gasteiger partial charge in [-0.2, -0.15) is 4.98 Å². The smallest absolute Gasteiger partial charge is 0.225 e. The van der Waals surface area contributed by atoms with E-state index in [2.05, 4.69) is 25.6 Å². The quantitative estimate of drug-likeness (QED) is 0.686. The molecule has 7 heteroatoms. The summed E-state index contributed by atoms with van der Waals surface area (Å²) in [5.74, 6) is -0.698. The van der Waals surface area contributed by atoms with E-state index >= 15 is 0 Å². The fraction of sp³-hybridized carbons (Fsp3) is 0.250. The number of hydrogen-bond donors (Lipinski definition) is 2. The fourth-order valence-electron chi connectivity index (χ4n) is 2.43. The van der Waals surface area contributed by atoms with Crippen LogP contribution < -0.4 is 10.6 Å². The Hall–Kier alpha value is -3.09. The van der Waals surface area contributed by atoms with Crippen molar-refractivity contribution in [3.8, 4) is 11.3 Å². The van der Waals surface area contributed by atoms with Gasteiger partial charge in [0.05, 0.1) is 5.69 Å². The zero-order chi connectivity index (χ0) is 19.4. The van der Waals surface area contributed by atoms with Crippen LogP contribution in [0.3, 0.4) is 0 Å². The molecule has 2 aromatic heterocycles. The average Bonchev–Trinajstić information content (AvgIpc) is 2.62. The predicted octanol–water partition coefficient (Wildman–Crippen LogP) is 4.64. The van der Waals surface area contributed by atoms with Crippen LogP contribution in [-0.2, 0) is 6.54 Å². The molecule has 0 fully saturated rings. The Balaban J connectivity index is 1.88. The Kier molecular flexibility index (Phi) is 5.30. The fourth-order valence-corrected chi connectivity index (χ4v) is 2.43. The number of halogens is 2. The molecule has 1 aromatic carbocycles. The molecule has 27 heavy (non-hydrogen) atoms. The van der Waals surface area contributed by atoms with Gasteiger partial charge < -0.3 is 10.6 Å². The molecule has 140 valence electrons. The minimum atomic E-state index is -0.872. The molecule has 0 aliphatic rings. The van der Waals surface area contributed by atoms with Crippen LogP contribution in [0.1, 0.15) is 26.3 Å². The van der Waals surface area contributed by atoms with Gasteiger partial charge >= 0.3 is 0 Å². The molecule has 0 spiro atoms. The van der Waals surface area contributed by atoms with Gasteiger partial charge in [0.25, 0.3) is 0 Å². The van der Waals surface area contributed by atoms with Crippen molar-refractivity contribution in [3.05, 3.63) is 66.0 Å². The number of aromatic nitrogens is 3. The third-order valence-corrected chi connectivity index (χ3v) is 3.63. The van der Waals surface area contributed by atoms with Crippen LogP contribution in [0.2, 0.25) is 0 Å². The topological polar surface area (TPSA) is 62.7 Å². The summed E-state index contributed by atoms with van der Waals surface area (Å²) in [7, 11) is 0. The molecule has 0 unspecified atom stereocenters. The molecule has 2 N–H and O–H groups in total. The number of rotatable bonds is 5. The van der Waals surface area contributed by atoms with E-state index in [1.165, 1.54) is 12.1 Å². The molecule has 3 rings (SSSR count). The molecule has 0 atom stereocenters. The second-order valence-electron chi connectivity index (χ2n) is 7.18. The number of hydrogen-bond acceptors (Lipinski definition) is 5. The second-order valence-corrected chi connectivity index (χ2v) is 7.18. The first-order valence-corrected chi connectivity index (χ1v) is 8.56. The lowest BCUT2D eigenvalue weighted by molar-refractivity contribution is 0.507. The first-order chi connectivity index (χ1) is 12.8. The number of pyridine rings is 1. The highest BCUT2D eigenvalue weighted by Gasteiger charge is 2.14. The summed E-state index contributed by atoms with van der Waals surface area (Å²) in [6.45, 7) is 6.35. The molecule has 3 aromatic rings. The van der Waals surface area contributed by atoms with E-state index in [1.54, 1.807) is 18.5 Å². The first kappa shape index (κ1) is 18.7. The lowest BCUT2D eigenvalue weighted by Gasteiger charge is -2.21. The summed E-state index contributed by atoms with van der Waals surface area (Å²) < 4.78 is 26.5. The largest absolute Gasteiger partial charge is 0.366 e. The number of nitrogens with zero attached hydrogens (tertiary/aromatic N) is 3. The van der Waals surface area contributed by atoms with Gasteiger partial charge in [-0.15, -0.1) is 0 Å². The lowest BCUT2D eigenvalue weighted by Crippen LogP contribution is -2.27. The van der Waals surface area contributed by atoms with Crippen molar-refractivity contribution in [2.75, 3.05) is 10.6 Å². The molecule has 0 saturated carbocycles. The Labute approximate surface area is 156 Å². The van der Waals surface area contributed by atoms with Crippen molar-refractivity contribution < 1.29 is 8.78 Å². The number of nitrogens with one attached hydrogen (secondary N) is 2. The minimum Gasteiger partial charge on any atom is -0.366 e. The van der Waals surface area contributed by atoms with Crippen LogP contribution >= 0.6 is 0 Å². The Bertz CT molecular complexity index is 923. The molecular formula is C20H21F2N5. The van der Waals surface area contributed by atoms with Crippen molar-refractivity contribution >= 4 is 11.8 Å². The first-order valence-electron chi connectivity index (χ1n) is 8.56. The Morgan fingerprint density at radius 2 is 1.81 bits per heavy atom. The van der Waals surface area contributed by atoms with E-state index < -0.39 is 11.6 Å². The van der Waals surface area contributed by atoms with Crippen LogP contribution in [0.5, 0.6) is 0 Å². The van der Waals surface area contributed by atoms with Crippen LogP contribution in [0.25, 0.3) is 11.3 Å². The normalized spacial score (nSPS) is 11.3. The summed E-state index contributed by atoms with van der Waals surface area (Å²) in [5, 5.41) is 6.40. The lowest BCUT2D eigenvalue weighted by atomic mass is 10.1. The maximum absolute atomic E-state index is 13.4. The van der Waals surface area contributed by atoms with Crippen molar-refractivity contribution in [3.63, 3.8) is 0 Å². The van der Waals surface area contributed by atoms with Gasteiger partial charge in [-0.05, 0) is 50.6 Å². The van der Waals surface area contributed by atoms with Gasteiger partial charge in [0.15, 0.2) is 11.6 Å². The van der Waals surface area contributed by atoms with Gasteiger partial charge in [0.2, 0.25) is 5.95 Å². The summed E-state index contributed by atoms with van der Waals surface area (Å²) in [6, 6.07) is 9.35. The van der Waals surface area contributed by atoms with E-state index in [0.29, 0.717) is 29.6 Å². The van der Waals surface area contributed by atoms with Gasteiger partial charge in [-0.1, -0.05) is 6.07 Å². The highest BCUT2D eigenvalue weighted by atomic mass is 19.2. The zero-order valence-corrected chi connectivity index (χ0v) is 15.4. The zero-order valence-electron chi connectivity index (χ0n) is 15.4. The monoisotopic (exact) mass is 369 g/mol. The van der Waals surface area contributed by atoms with Crippen molar-refractivity contribution in [1.82, 2.24) is 15.0 Å². The third kappa shape index (κ3) is 5.20. The Morgan fingerprint density at radius 1 is 1.00 bits per heavy atom. The van der Waals surface area contributed by atoms with Gasteiger partial charge in [0, 0.05) is 36.1 Å². The molecule has 0 aliphatic carbocycles. The highest BCUT2D eigenvalue weighted by molar-refractivity contribution is 5.63. The molecule has 2 heterocycles. The molecule has 0 aliphatic heterocycles. The standard InChI is InChI=1S/C20H21F2N5/c1-20(2,3)27-19-25-17(14-5-4-8-23-12-14)10-18(26-19)24-11-13-6-7-15(21)16(22)9-13/h4-10,12H,11H2,1-3H3,(H2,24,25,26,27). The van der Waals surface area contributed by atoms with Crippen molar-refractivity contribution in [1.29, 1.82) is 0 Å². The van der Waals surface area contributed by atoms with E-state index in [4.69, 9.17) is 0 Å². The summed E-state index contributed by atoms with van der Waals surface area (Å²) >= 11 is 0. The van der Waals surface area contributed by atoms with Gasteiger partial charge in [0.1, 0.15) is 5.82 Å². The van der Waals surface area contributed by atoms with E-state index in [-0.39, 0.29) is 5.54 Å². The van der Waals surface area contributed by atoms with Crippen LogP contribution in [0, 0.1) is 11.6 Å². The minimum absolute atomic E-state index is 0.217. The van der Waals surface area contributed by atoms with Gasteiger partial charge in [-0.25, -0.2) is 13.8 Å². The third-order valence-electron chi connectivity index (χ3n) is 3.63. The van der Waals surface area contributed by atoms with E-state index in [9.17, 15) is 8.78 Å². The Morgan fingerprint density at radius 3 is 2.48 bits per heavy atom. The predicted molar refractivity (Wildman–Crippen MR) is 102 cm³/mol.